The number of para-hydroxylation sites is 1. The van der Waals surface area contributed by atoms with Crippen LogP contribution in [0.25, 0.3) is 16.9 Å². The Balaban J connectivity index is 1.54. The minimum Gasteiger partial charge on any atom is -0.350 e. The van der Waals surface area contributed by atoms with Gasteiger partial charge in [0.25, 0.3) is 5.91 Å². The van der Waals surface area contributed by atoms with Crippen molar-refractivity contribution in [2.24, 2.45) is 0 Å². The standard InChI is InChI=1S/C21H25N5O/c1-2-12-25(18-10-11-22-14-18)21(27)20-9-8-19(24-20)16-13-23-26(15-16)17-6-4-3-5-7-17/h3-9,13,15,18,22,24H,2,10-12,14H2,1H3. The van der Waals surface area contributed by atoms with E-state index in [1.54, 1.807) is 0 Å². The minimum absolute atomic E-state index is 0.0762. The van der Waals surface area contributed by atoms with Crippen LogP contribution in [0.4, 0.5) is 0 Å². The van der Waals surface area contributed by atoms with Crippen LogP contribution in [0.15, 0.2) is 54.9 Å². The Morgan fingerprint density at radius 2 is 2.11 bits per heavy atom. The summed E-state index contributed by atoms with van der Waals surface area (Å²) in [5.74, 6) is 0.0762. The van der Waals surface area contributed by atoms with Crippen molar-refractivity contribution >= 4 is 5.91 Å². The molecule has 0 spiro atoms. The molecule has 0 aliphatic carbocycles. The first-order valence-electron chi connectivity index (χ1n) is 9.57. The van der Waals surface area contributed by atoms with Crippen molar-refractivity contribution in [2.75, 3.05) is 19.6 Å². The molecule has 2 aromatic heterocycles. The number of amides is 1. The number of carbonyl (C=O) groups excluding carboxylic acids is 1. The van der Waals surface area contributed by atoms with Gasteiger partial charge in [0.2, 0.25) is 0 Å². The summed E-state index contributed by atoms with van der Waals surface area (Å²) in [5.41, 5.74) is 3.51. The number of benzene rings is 1. The summed E-state index contributed by atoms with van der Waals surface area (Å²) in [6, 6.07) is 14.1. The van der Waals surface area contributed by atoms with Crippen molar-refractivity contribution in [3.05, 3.63) is 60.6 Å². The first-order chi connectivity index (χ1) is 13.3. The quantitative estimate of drug-likeness (QED) is 0.707. The summed E-state index contributed by atoms with van der Waals surface area (Å²) in [5, 5.41) is 7.79. The molecule has 1 aliphatic rings. The summed E-state index contributed by atoms with van der Waals surface area (Å²) in [7, 11) is 0. The Bertz CT molecular complexity index is 892. The SMILES string of the molecule is CCCN(C(=O)c1ccc(-c2cnn(-c3ccccc3)c2)[nH]1)C1CCNC1. The van der Waals surface area contributed by atoms with Crippen molar-refractivity contribution in [3.63, 3.8) is 0 Å². The normalized spacial score (nSPS) is 16.6. The lowest BCUT2D eigenvalue weighted by Crippen LogP contribution is -2.42. The van der Waals surface area contributed by atoms with Crippen LogP contribution < -0.4 is 5.32 Å². The van der Waals surface area contributed by atoms with Crippen LogP contribution in [0, 0.1) is 0 Å². The fourth-order valence-electron chi connectivity index (χ4n) is 3.62. The third-order valence-electron chi connectivity index (χ3n) is 5.03. The van der Waals surface area contributed by atoms with E-state index >= 15 is 0 Å². The highest BCUT2D eigenvalue weighted by atomic mass is 16.2. The predicted octanol–water partition coefficient (Wildman–Crippen LogP) is 3.08. The first kappa shape index (κ1) is 17.5. The second-order valence-electron chi connectivity index (χ2n) is 6.94. The summed E-state index contributed by atoms with van der Waals surface area (Å²) >= 11 is 0. The van der Waals surface area contributed by atoms with E-state index in [1.165, 1.54) is 0 Å². The molecule has 0 bridgehead atoms. The zero-order valence-corrected chi connectivity index (χ0v) is 15.6. The number of nitrogens with zero attached hydrogens (tertiary/aromatic N) is 3. The monoisotopic (exact) mass is 363 g/mol. The number of hydrogen-bond donors (Lipinski definition) is 2. The van der Waals surface area contributed by atoms with Crippen LogP contribution in [-0.2, 0) is 0 Å². The Labute approximate surface area is 159 Å². The second-order valence-corrected chi connectivity index (χ2v) is 6.94. The van der Waals surface area contributed by atoms with Gasteiger partial charge in [-0.1, -0.05) is 25.1 Å². The summed E-state index contributed by atoms with van der Waals surface area (Å²) in [6.45, 7) is 4.75. The minimum atomic E-state index is 0.0762. The molecule has 3 aromatic rings. The van der Waals surface area contributed by atoms with Crippen LogP contribution in [0.3, 0.4) is 0 Å². The van der Waals surface area contributed by atoms with Crippen molar-refractivity contribution in [3.8, 4) is 16.9 Å². The zero-order valence-electron chi connectivity index (χ0n) is 15.6. The van der Waals surface area contributed by atoms with Gasteiger partial charge in [-0.3, -0.25) is 4.79 Å². The van der Waals surface area contributed by atoms with Crippen LogP contribution in [0.2, 0.25) is 0 Å². The molecule has 1 fully saturated rings. The number of nitrogens with one attached hydrogen (secondary N) is 2. The van der Waals surface area contributed by atoms with Gasteiger partial charge in [-0.15, -0.1) is 0 Å². The number of H-pyrrole nitrogens is 1. The number of aromatic nitrogens is 3. The molecule has 6 heteroatoms. The van der Waals surface area contributed by atoms with Gasteiger partial charge in [-0.05, 0) is 43.7 Å². The van der Waals surface area contributed by atoms with Gasteiger partial charge < -0.3 is 15.2 Å². The fourth-order valence-corrected chi connectivity index (χ4v) is 3.62. The van der Waals surface area contributed by atoms with Gasteiger partial charge in [0.15, 0.2) is 0 Å². The average Bonchev–Trinajstić information content (AvgIpc) is 3.47. The smallest absolute Gasteiger partial charge is 0.270 e. The van der Waals surface area contributed by atoms with Crippen LogP contribution in [0.5, 0.6) is 0 Å². The van der Waals surface area contributed by atoms with Crippen molar-refractivity contribution < 1.29 is 4.79 Å². The lowest BCUT2D eigenvalue weighted by atomic mass is 10.2. The molecule has 1 unspecified atom stereocenters. The first-order valence-corrected chi connectivity index (χ1v) is 9.57. The van der Waals surface area contributed by atoms with Gasteiger partial charge in [-0.2, -0.15) is 5.10 Å². The van der Waals surface area contributed by atoms with E-state index in [2.05, 4.69) is 22.3 Å². The highest BCUT2D eigenvalue weighted by molar-refractivity contribution is 5.93. The number of rotatable bonds is 6. The molecule has 6 nitrogen and oxygen atoms in total. The number of aromatic amines is 1. The van der Waals surface area contributed by atoms with E-state index in [4.69, 9.17) is 0 Å². The largest absolute Gasteiger partial charge is 0.350 e. The van der Waals surface area contributed by atoms with Gasteiger partial charge in [0, 0.05) is 36.6 Å². The van der Waals surface area contributed by atoms with E-state index < -0.39 is 0 Å². The summed E-state index contributed by atoms with van der Waals surface area (Å²) < 4.78 is 1.84. The van der Waals surface area contributed by atoms with E-state index in [0.717, 1.165) is 49.4 Å². The van der Waals surface area contributed by atoms with Crippen LogP contribution >= 0.6 is 0 Å². The van der Waals surface area contributed by atoms with Gasteiger partial charge in [-0.25, -0.2) is 4.68 Å². The Kier molecular flexibility index (Phi) is 5.07. The zero-order chi connectivity index (χ0) is 18.6. The number of carbonyl (C=O) groups is 1. The maximum atomic E-state index is 13.0. The molecule has 1 atom stereocenters. The topological polar surface area (TPSA) is 66.0 Å². The van der Waals surface area contributed by atoms with E-state index in [-0.39, 0.29) is 11.9 Å². The average molecular weight is 363 g/mol. The van der Waals surface area contributed by atoms with Crippen molar-refractivity contribution in [1.29, 1.82) is 0 Å². The predicted molar refractivity (Wildman–Crippen MR) is 106 cm³/mol. The second kappa shape index (κ2) is 7.80. The third kappa shape index (κ3) is 3.66. The van der Waals surface area contributed by atoms with Gasteiger partial charge >= 0.3 is 0 Å². The van der Waals surface area contributed by atoms with Crippen LogP contribution in [-0.4, -0.2) is 51.2 Å². The third-order valence-corrected chi connectivity index (χ3v) is 5.03. The molecule has 1 aromatic carbocycles. The molecular formula is C21H25N5O. The van der Waals surface area contributed by atoms with E-state index in [0.29, 0.717) is 5.69 Å². The lowest BCUT2D eigenvalue weighted by Gasteiger charge is -2.27. The fraction of sp³-hybridized carbons (Fsp3) is 0.333. The Hall–Kier alpha value is -2.86. The molecular weight excluding hydrogens is 338 g/mol. The molecule has 27 heavy (non-hydrogen) atoms. The molecule has 3 heterocycles. The maximum Gasteiger partial charge on any atom is 0.270 e. The van der Waals surface area contributed by atoms with Crippen molar-refractivity contribution in [2.45, 2.75) is 25.8 Å². The molecule has 140 valence electrons. The molecule has 1 saturated heterocycles. The van der Waals surface area contributed by atoms with E-state index in [9.17, 15) is 4.79 Å². The summed E-state index contributed by atoms with van der Waals surface area (Å²) in [6.07, 6.45) is 5.76. The van der Waals surface area contributed by atoms with Gasteiger partial charge in [0.05, 0.1) is 11.9 Å². The molecule has 0 radical (unpaired) electrons. The molecule has 1 aliphatic heterocycles. The summed E-state index contributed by atoms with van der Waals surface area (Å²) in [4.78, 5) is 18.3. The Morgan fingerprint density at radius 1 is 1.26 bits per heavy atom. The highest BCUT2D eigenvalue weighted by Gasteiger charge is 2.27. The van der Waals surface area contributed by atoms with Crippen LogP contribution in [0.1, 0.15) is 30.3 Å². The van der Waals surface area contributed by atoms with Gasteiger partial charge in [0.1, 0.15) is 5.69 Å². The molecule has 1 amide bonds. The molecule has 0 saturated carbocycles. The molecule has 2 N–H and O–H groups in total. The molecule has 4 rings (SSSR count). The Morgan fingerprint density at radius 3 is 2.85 bits per heavy atom. The highest BCUT2D eigenvalue weighted by Crippen LogP contribution is 2.21. The maximum absolute atomic E-state index is 13.0. The van der Waals surface area contributed by atoms with E-state index in [1.807, 2.05) is 64.4 Å². The van der Waals surface area contributed by atoms with Crippen molar-refractivity contribution in [1.82, 2.24) is 25.0 Å². The number of hydrogen-bond acceptors (Lipinski definition) is 3. The lowest BCUT2D eigenvalue weighted by molar-refractivity contribution is 0.0687.